The molecule has 156 valence electrons. The highest BCUT2D eigenvalue weighted by Crippen LogP contribution is 2.31. The molecule has 2 aliphatic heterocycles. The molecule has 6 nitrogen and oxygen atoms in total. The zero-order valence-electron chi connectivity index (χ0n) is 16.4. The van der Waals surface area contributed by atoms with Gasteiger partial charge in [-0.2, -0.15) is 0 Å². The van der Waals surface area contributed by atoms with Crippen LogP contribution in [-0.2, 0) is 11.2 Å². The van der Waals surface area contributed by atoms with Gasteiger partial charge in [0, 0.05) is 56.1 Å². The fourth-order valence-electron chi connectivity index (χ4n) is 3.89. The predicted molar refractivity (Wildman–Crippen MR) is 117 cm³/mol. The van der Waals surface area contributed by atoms with E-state index in [-0.39, 0.29) is 24.9 Å². The number of carbonyl (C=O) groups excluding carboxylic acids is 1. The van der Waals surface area contributed by atoms with Crippen LogP contribution in [-0.4, -0.2) is 61.3 Å². The Morgan fingerprint density at radius 3 is 2.52 bits per heavy atom. The molecule has 0 aromatic heterocycles. The lowest BCUT2D eigenvalue weighted by molar-refractivity contribution is -0.116. The van der Waals surface area contributed by atoms with Crippen LogP contribution in [0.4, 0.5) is 11.4 Å². The molecule has 1 atom stereocenters. The molecular formula is C22H28ClN3O3. The highest BCUT2D eigenvalue weighted by molar-refractivity contribution is 5.94. The monoisotopic (exact) mass is 417 g/mol. The standard InChI is InChI=1S/C22H27N3O3.ClH/c26-18(15-24-11-13-25(14-12-24)17-5-2-1-3-6-17)16-28-21-8-4-7-20-19(21)9-10-22(27)23-20;/h1-8,18,26H,9-16H2,(H,23,27);1H. The summed E-state index contributed by atoms with van der Waals surface area (Å²) in [7, 11) is 0. The SMILES string of the molecule is Cl.O=C1CCc2c(cccc2OCC(O)CN2CCN(c3ccccc3)CC2)N1. The van der Waals surface area contributed by atoms with E-state index in [1.165, 1.54) is 5.69 Å². The number of ether oxygens (including phenoxy) is 1. The van der Waals surface area contributed by atoms with Crippen molar-refractivity contribution in [3.05, 3.63) is 54.1 Å². The number of halogens is 1. The van der Waals surface area contributed by atoms with E-state index in [4.69, 9.17) is 4.74 Å². The summed E-state index contributed by atoms with van der Waals surface area (Å²) in [5.41, 5.74) is 3.10. The zero-order valence-corrected chi connectivity index (χ0v) is 17.2. The Kier molecular flexibility index (Phi) is 7.36. The van der Waals surface area contributed by atoms with Crippen molar-refractivity contribution in [2.24, 2.45) is 0 Å². The van der Waals surface area contributed by atoms with Gasteiger partial charge in [0.05, 0.1) is 0 Å². The van der Waals surface area contributed by atoms with Gasteiger partial charge in [0.15, 0.2) is 0 Å². The van der Waals surface area contributed by atoms with Gasteiger partial charge >= 0.3 is 0 Å². The number of nitrogens with one attached hydrogen (secondary N) is 1. The Morgan fingerprint density at radius 2 is 1.76 bits per heavy atom. The number of amides is 1. The first-order valence-electron chi connectivity index (χ1n) is 9.94. The molecule has 1 fully saturated rings. The van der Waals surface area contributed by atoms with Crippen LogP contribution in [0.3, 0.4) is 0 Å². The summed E-state index contributed by atoms with van der Waals surface area (Å²) in [6.07, 6.45) is 0.605. The Morgan fingerprint density at radius 1 is 1.00 bits per heavy atom. The number of hydrogen-bond acceptors (Lipinski definition) is 5. The average Bonchev–Trinajstić information content (AvgIpc) is 2.73. The van der Waals surface area contributed by atoms with Gasteiger partial charge in [-0.05, 0) is 30.7 Å². The minimum Gasteiger partial charge on any atom is -0.490 e. The minimum absolute atomic E-state index is 0. The van der Waals surface area contributed by atoms with Crippen LogP contribution in [0.1, 0.15) is 12.0 Å². The molecule has 1 saturated heterocycles. The number of hydrogen-bond donors (Lipinski definition) is 2. The molecule has 2 N–H and O–H groups in total. The third-order valence-electron chi connectivity index (χ3n) is 5.40. The molecule has 2 heterocycles. The van der Waals surface area contributed by atoms with Gasteiger partial charge in [-0.3, -0.25) is 9.69 Å². The lowest BCUT2D eigenvalue weighted by Crippen LogP contribution is -2.49. The van der Waals surface area contributed by atoms with E-state index in [0.29, 0.717) is 19.4 Å². The minimum atomic E-state index is -0.544. The number of nitrogens with zero attached hydrogens (tertiary/aromatic N) is 2. The van der Waals surface area contributed by atoms with Crippen molar-refractivity contribution in [3.63, 3.8) is 0 Å². The molecule has 1 unspecified atom stereocenters. The first-order chi connectivity index (χ1) is 13.7. The van der Waals surface area contributed by atoms with Gasteiger partial charge in [0.2, 0.25) is 5.91 Å². The van der Waals surface area contributed by atoms with Crippen LogP contribution in [0.25, 0.3) is 0 Å². The molecule has 2 aromatic rings. The maximum absolute atomic E-state index is 11.5. The van der Waals surface area contributed by atoms with E-state index >= 15 is 0 Å². The van der Waals surface area contributed by atoms with E-state index in [1.807, 2.05) is 24.3 Å². The summed E-state index contributed by atoms with van der Waals surface area (Å²) in [6.45, 7) is 4.64. The number of aliphatic hydroxyl groups is 1. The number of β-amino-alcohol motifs (C(OH)–C–C–N with tert-alkyl or cyclic N) is 1. The molecular weight excluding hydrogens is 390 g/mol. The summed E-state index contributed by atoms with van der Waals surface area (Å²) >= 11 is 0. The maximum atomic E-state index is 11.5. The number of carbonyl (C=O) groups is 1. The van der Waals surface area contributed by atoms with Gasteiger partial charge in [-0.25, -0.2) is 0 Å². The lowest BCUT2D eigenvalue weighted by Gasteiger charge is -2.36. The largest absolute Gasteiger partial charge is 0.490 e. The van der Waals surface area contributed by atoms with Crippen LogP contribution in [0.15, 0.2) is 48.5 Å². The highest BCUT2D eigenvalue weighted by atomic mass is 35.5. The fourth-order valence-corrected chi connectivity index (χ4v) is 3.89. The van der Waals surface area contributed by atoms with Crippen molar-refractivity contribution in [1.29, 1.82) is 0 Å². The van der Waals surface area contributed by atoms with Crippen molar-refractivity contribution in [1.82, 2.24) is 4.90 Å². The number of fused-ring (bicyclic) bond motifs is 1. The smallest absolute Gasteiger partial charge is 0.224 e. The lowest BCUT2D eigenvalue weighted by atomic mass is 10.0. The molecule has 0 bridgehead atoms. The molecule has 4 rings (SSSR count). The second-order valence-corrected chi connectivity index (χ2v) is 7.42. The number of para-hydroxylation sites is 1. The first kappa shape index (κ1) is 21.4. The van der Waals surface area contributed by atoms with E-state index in [0.717, 1.165) is 43.2 Å². The van der Waals surface area contributed by atoms with Crippen LogP contribution in [0, 0.1) is 0 Å². The van der Waals surface area contributed by atoms with Crippen LogP contribution < -0.4 is 15.0 Å². The summed E-state index contributed by atoms with van der Waals surface area (Å²) in [6, 6.07) is 16.1. The van der Waals surface area contributed by atoms with E-state index in [1.54, 1.807) is 0 Å². The average molecular weight is 418 g/mol. The molecule has 0 radical (unpaired) electrons. The molecule has 7 heteroatoms. The summed E-state index contributed by atoms with van der Waals surface area (Å²) in [5.74, 6) is 0.796. The van der Waals surface area contributed by atoms with Crippen molar-refractivity contribution in [2.45, 2.75) is 18.9 Å². The van der Waals surface area contributed by atoms with Crippen molar-refractivity contribution in [3.8, 4) is 5.75 Å². The van der Waals surface area contributed by atoms with Gasteiger partial charge < -0.3 is 20.1 Å². The normalized spacial score (nSPS) is 17.7. The number of aliphatic hydroxyl groups excluding tert-OH is 1. The Hall–Kier alpha value is -2.28. The third-order valence-corrected chi connectivity index (χ3v) is 5.40. The number of anilines is 2. The molecule has 29 heavy (non-hydrogen) atoms. The third kappa shape index (κ3) is 5.41. The Bertz CT molecular complexity index is 810. The van der Waals surface area contributed by atoms with E-state index in [2.05, 4.69) is 39.4 Å². The first-order valence-corrected chi connectivity index (χ1v) is 9.94. The molecule has 1 amide bonds. The predicted octanol–water partition coefficient (Wildman–Crippen LogP) is 2.55. The second kappa shape index (κ2) is 9.96. The van der Waals surface area contributed by atoms with E-state index in [9.17, 15) is 9.90 Å². The second-order valence-electron chi connectivity index (χ2n) is 7.42. The van der Waals surface area contributed by atoms with Crippen molar-refractivity contribution >= 4 is 29.7 Å². The van der Waals surface area contributed by atoms with Crippen molar-refractivity contribution < 1.29 is 14.6 Å². The van der Waals surface area contributed by atoms with Gasteiger partial charge in [0.25, 0.3) is 0 Å². The molecule has 0 aliphatic carbocycles. The summed E-state index contributed by atoms with van der Waals surface area (Å²) in [5, 5.41) is 13.3. The van der Waals surface area contributed by atoms with Gasteiger partial charge in [-0.15, -0.1) is 12.4 Å². The zero-order chi connectivity index (χ0) is 19.3. The van der Waals surface area contributed by atoms with Gasteiger partial charge in [0.1, 0.15) is 18.5 Å². The number of benzene rings is 2. The van der Waals surface area contributed by atoms with Gasteiger partial charge in [-0.1, -0.05) is 24.3 Å². The molecule has 0 saturated carbocycles. The maximum Gasteiger partial charge on any atom is 0.224 e. The molecule has 2 aliphatic rings. The molecule has 2 aromatic carbocycles. The van der Waals surface area contributed by atoms with Crippen LogP contribution in [0.2, 0.25) is 0 Å². The molecule has 0 spiro atoms. The summed E-state index contributed by atoms with van der Waals surface area (Å²) in [4.78, 5) is 16.2. The van der Waals surface area contributed by atoms with Crippen LogP contribution in [0.5, 0.6) is 5.75 Å². The quantitative estimate of drug-likeness (QED) is 0.756. The number of rotatable bonds is 6. The topological polar surface area (TPSA) is 65.0 Å². The van der Waals surface area contributed by atoms with E-state index < -0.39 is 6.10 Å². The van der Waals surface area contributed by atoms with Crippen LogP contribution >= 0.6 is 12.4 Å². The number of piperazine rings is 1. The summed E-state index contributed by atoms with van der Waals surface area (Å²) < 4.78 is 5.90. The van der Waals surface area contributed by atoms with Crippen molar-refractivity contribution in [2.75, 3.05) is 49.5 Å². The Balaban J connectivity index is 0.00000240. The fraction of sp³-hybridized carbons (Fsp3) is 0.409. The highest BCUT2D eigenvalue weighted by Gasteiger charge is 2.21. The Labute approximate surface area is 177 Å².